The van der Waals surface area contributed by atoms with E-state index in [9.17, 15) is 9.59 Å². The van der Waals surface area contributed by atoms with Crippen LogP contribution in [0.4, 0.5) is 0 Å². The number of thioether (sulfide) groups is 1. The van der Waals surface area contributed by atoms with Gasteiger partial charge in [-0.15, -0.1) is 11.8 Å². The van der Waals surface area contributed by atoms with Crippen molar-refractivity contribution >= 4 is 35.2 Å². The third-order valence-corrected chi connectivity index (χ3v) is 4.50. The highest BCUT2D eigenvalue weighted by Crippen LogP contribution is 2.32. The Balaban J connectivity index is 1.87. The Hall–Kier alpha value is -1.20. The van der Waals surface area contributed by atoms with Gasteiger partial charge < -0.3 is 10.1 Å². The van der Waals surface area contributed by atoms with Crippen LogP contribution in [0.5, 0.6) is 0 Å². The van der Waals surface area contributed by atoms with Gasteiger partial charge in [0.1, 0.15) is 0 Å². The molecule has 0 saturated heterocycles. The summed E-state index contributed by atoms with van der Waals surface area (Å²) in [7, 11) is 0. The molecule has 0 heterocycles. The highest BCUT2D eigenvalue weighted by atomic mass is 35.5. The zero-order valence-electron chi connectivity index (χ0n) is 12.0. The van der Waals surface area contributed by atoms with Gasteiger partial charge in [-0.1, -0.05) is 11.6 Å². The lowest BCUT2D eigenvalue weighted by atomic mass is 10.2. The quantitative estimate of drug-likeness (QED) is 0.644. The second kappa shape index (κ2) is 7.18. The van der Waals surface area contributed by atoms with Crippen LogP contribution in [-0.4, -0.2) is 30.8 Å². The number of esters is 1. The fraction of sp³-hybridized carbons (Fsp3) is 0.467. The van der Waals surface area contributed by atoms with Crippen molar-refractivity contribution in [3.05, 3.63) is 28.8 Å². The fourth-order valence-corrected chi connectivity index (χ4v) is 2.64. The second-order valence-electron chi connectivity index (χ2n) is 5.12. The number of rotatable bonds is 6. The summed E-state index contributed by atoms with van der Waals surface area (Å²) in [5.74, 6) is -0.289. The van der Waals surface area contributed by atoms with E-state index < -0.39 is 5.97 Å². The third-order valence-electron chi connectivity index (χ3n) is 3.45. The molecule has 1 aliphatic carbocycles. The maximum atomic E-state index is 12.0. The largest absolute Gasteiger partial charge is 0.452 e. The van der Waals surface area contributed by atoms with Gasteiger partial charge in [-0.05, 0) is 50.1 Å². The van der Waals surface area contributed by atoms with Gasteiger partial charge in [0.25, 0.3) is 5.91 Å². The molecule has 1 saturated carbocycles. The Kier molecular flexibility index (Phi) is 5.53. The molecule has 1 fully saturated rings. The summed E-state index contributed by atoms with van der Waals surface area (Å²) in [6, 6.07) is 5.28. The summed E-state index contributed by atoms with van der Waals surface area (Å²) in [5, 5.41) is 3.16. The van der Waals surface area contributed by atoms with E-state index in [-0.39, 0.29) is 24.1 Å². The molecule has 1 N–H and O–H groups in total. The molecule has 1 aliphatic rings. The van der Waals surface area contributed by atoms with Crippen LogP contribution < -0.4 is 5.32 Å². The molecule has 4 nitrogen and oxygen atoms in total. The minimum atomic E-state index is -0.579. The maximum Gasteiger partial charge on any atom is 0.340 e. The Bertz CT molecular complexity index is 546. The number of carbonyl (C=O) groups excluding carboxylic acids is 2. The van der Waals surface area contributed by atoms with E-state index in [0.29, 0.717) is 10.9 Å². The molecule has 0 radical (unpaired) electrons. The van der Waals surface area contributed by atoms with Crippen LogP contribution in [0.3, 0.4) is 0 Å². The van der Waals surface area contributed by atoms with Crippen molar-refractivity contribution < 1.29 is 14.3 Å². The molecule has 1 aromatic carbocycles. The Labute approximate surface area is 133 Å². The molecular formula is C15H18ClNO3S. The molecule has 0 unspecified atom stereocenters. The van der Waals surface area contributed by atoms with Crippen molar-refractivity contribution in [1.29, 1.82) is 0 Å². The number of benzene rings is 1. The Morgan fingerprint density at radius 2 is 2.19 bits per heavy atom. The lowest BCUT2D eigenvalue weighted by molar-refractivity contribution is -0.124. The summed E-state index contributed by atoms with van der Waals surface area (Å²) < 4.78 is 5.03. The van der Waals surface area contributed by atoms with Gasteiger partial charge in [0.2, 0.25) is 0 Å². The van der Waals surface area contributed by atoms with Crippen LogP contribution in [0.15, 0.2) is 23.1 Å². The maximum absolute atomic E-state index is 12.0. The summed E-state index contributed by atoms with van der Waals surface area (Å²) in [5.41, 5.74) is 0.284. The van der Waals surface area contributed by atoms with Crippen molar-refractivity contribution in [1.82, 2.24) is 5.32 Å². The molecule has 0 aromatic heterocycles. The van der Waals surface area contributed by atoms with Gasteiger partial charge in [0, 0.05) is 10.9 Å². The van der Waals surface area contributed by atoms with Crippen molar-refractivity contribution in [3.8, 4) is 0 Å². The second-order valence-corrected chi connectivity index (χ2v) is 6.40. The summed E-state index contributed by atoms with van der Waals surface area (Å²) in [4.78, 5) is 24.6. The Morgan fingerprint density at radius 3 is 2.81 bits per heavy atom. The van der Waals surface area contributed by atoms with E-state index in [1.807, 2.05) is 19.2 Å². The van der Waals surface area contributed by atoms with E-state index >= 15 is 0 Å². The van der Waals surface area contributed by atoms with Crippen LogP contribution in [0.2, 0.25) is 5.02 Å². The summed E-state index contributed by atoms with van der Waals surface area (Å²) in [6.45, 7) is 1.69. The van der Waals surface area contributed by atoms with E-state index in [1.54, 1.807) is 12.1 Å². The topological polar surface area (TPSA) is 55.4 Å². The van der Waals surface area contributed by atoms with Gasteiger partial charge in [-0.25, -0.2) is 4.79 Å². The zero-order chi connectivity index (χ0) is 15.4. The monoisotopic (exact) mass is 327 g/mol. The van der Waals surface area contributed by atoms with Crippen molar-refractivity contribution in [2.45, 2.75) is 30.7 Å². The molecule has 21 heavy (non-hydrogen) atoms. The highest BCUT2D eigenvalue weighted by Gasteiger charge is 2.29. The lowest BCUT2D eigenvalue weighted by Crippen LogP contribution is -2.37. The first-order chi connectivity index (χ1) is 10.0. The number of amides is 1. The first-order valence-corrected chi connectivity index (χ1v) is 8.41. The van der Waals surface area contributed by atoms with Gasteiger partial charge >= 0.3 is 5.97 Å². The first-order valence-electron chi connectivity index (χ1n) is 6.81. The van der Waals surface area contributed by atoms with E-state index in [4.69, 9.17) is 16.3 Å². The van der Waals surface area contributed by atoms with Crippen LogP contribution >= 0.6 is 23.4 Å². The predicted molar refractivity (Wildman–Crippen MR) is 83.8 cm³/mol. The van der Waals surface area contributed by atoms with Crippen molar-refractivity contribution in [3.63, 3.8) is 0 Å². The standard InChI is InChI=1S/C15H18ClNO3S/c1-9(10-3-4-10)17-14(18)8-20-15(19)12-7-11(21-2)5-6-13(12)16/h5-7,9-10H,3-4,8H2,1-2H3,(H,17,18)/t9-/m1/s1. The third kappa shape index (κ3) is 4.64. The molecule has 1 aromatic rings. The van der Waals surface area contributed by atoms with E-state index in [0.717, 1.165) is 17.7 Å². The number of halogens is 1. The highest BCUT2D eigenvalue weighted by molar-refractivity contribution is 7.98. The normalized spacial score (nSPS) is 15.4. The summed E-state index contributed by atoms with van der Waals surface area (Å²) in [6.07, 6.45) is 4.21. The van der Waals surface area contributed by atoms with Crippen LogP contribution in [-0.2, 0) is 9.53 Å². The number of nitrogens with one attached hydrogen (secondary N) is 1. The minimum Gasteiger partial charge on any atom is -0.452 e. The molecule has 1 amide bonds. The van der Waals surface area contributed by atoms with Gasteiger partial charge in [0.05, 0.1) is 10.6 Å². The first kappa shape index (κ1) is 16.2. The van der Waals surface area contributed by atoms with Crippen LogP contribution in [0.1, 0.15) is 30.1 Å². The van der Waals surface area contributed by atoms with Gasteiger partial charge in [0.15, 0.2) is 6.61 Å². The molecule has 0 spiro atoms. The molecule has 0 bridgehead atoms. The van der Waals surface area contributed by atoms with Gasteiger partial charge in [-0.3, -0.25) is 4.79 Å². The SMILES string of the molecule is CSc1ccc(Cl)c(C(=O)OCC(=O)N[C@H](C)C2CC2)c1. The lowest BCUT2D eigenvalue weighted by Gasteiger charge is -2.13. The molecule has 1 atom stereocenters. The molecule has 114 valence electrons. The Morgan fingerprint density at radius 1 is 1.48 bits per heavy atom. The average molecular weight is 328 g/mol. The zero-order valence-corrected chi connectivity index (χ0v) is 13.6. The molecule has 6 heteroatoms. The number of hydrogen-bond donors (Lipinski definition) is 1. The number of hydrogen-bond acceptors (Lipinski definition) is 4. The van der Waals surface area contributed by atoms with Crippen molar-refractivity contribution in [2.75, 3.05) is 12.9 Å². The van der Waals surface area contributed by atoms with Gasteiger partial charge in [-0.2, -0.15) is 0 Å². The number of carbonyl (C=O) groups is 2. The fourth-order valence-electron chi connectivity index (χ4n) is 2.01. The smallest absolute Gasteiger partial charge is 0.340 e. The van der Waals surface area contributed by atoms with E-state index in [2.05, 4.69) is 5.32 Å². The molecular weight excluding hydrogens is 310 g/mol. The van der Waals surface area contributed by atoms with E-state index in [1.165, 1.54) is 11.8 Å². The predicted octanol–water partition coefficient (Wildman–Crippen LogP) is 3.13. The van der Waals surface area contributed by atoms with Crippen molar-refractivity contribution in [2.24, 2.45) is 5.92 Å². The van der Waals surface area contributed by atoms with Crippen LogP contribution in [0, 0.1) is 5.92 Å². The average Bonchev–Trinajstić information content (AvgIpc) is 3.30. The molecule has 2 rings (SSSR count). The molecule has 0 aliphatic heterocycles. The minimum absolute atomic E-state index is 0.139. The number of ether oxygens (including phenoxy) is 1. The van der Waals surface area contributed by atoms with Crippen LogP contribution in [0.25, 0.3) is 0 Å². The summed E-state index contributed by atoms with van der Waals surface area (Å²) >= 11 is 7.49.